The molecule has 0 amide bonds. The Bertz CT molecular complexity index is 420. The third kappa shape index (κ3) is 1.76. The second-order valence-corrected chi connectivity index (χ2v) is 6.12. The molecule has 0 bridgehead atoms. The molecule has 1 unspecified atom stereocenters. The minimum Gasteiger partial charge on any atom is -0.495 e. The van der Waals surface area contributed by atoms with E-state index in [0.717, 1.165) is 10.6 Å². The highest BCUT2D eigenvalue weighted by Gasteiger charge is 2.40. The highest BCUT2D eigenvalue weighted by atomic mass is 35.5. The van der Waals surface area contributed by atoms with Crippen LogP contribution >= 0.6 is 23.4 Å². The Balaban J connectivity index is 2.42. The van der Waals surface area contributed by atoms with Crippen molar-refractivity contribution in [2.75, 3.05) is 7.11 Å². The van der Waals surface area contributed by atoms with E-state index < -0.39 is 0 Å². The Hall–Kier alpha value is -0.540. The normalized spacial score (nSPS) is 23.1. The zero-order valence-corrected chi connectivity index (χ0v) is 11.4. The number of benzene rings is 1. The molecule has 1 atom stereocenters. The summed E-state index contributed by atoms with van der Waals surface area (Å²) < 4.78 is 11.2. The van der Waals surface area contributed by atoms with Gasteiger partial charge in [0.1, 0.15) is 10.8 Å². The van der Waals surface area contributed by atoms with Crippen LogP contribution in [0, 0.1) is 5.92 Å². The fraction of sp³-hybridized carbons (Fsp3) is 0.500. The third-order valence-electron chi connectivity index (χ3n) is 2.91. The molecular formula is C12H15ClO2S. The van der Waals surface area contributed by atoms with Crippen LogP contribution in [0.2, 0.25) is 5.02 Å². The van der Waals surface area contributed by atoms with E-state index in [4.69, 9.17) is 21.1 Å². The predicted octanol–water partition coefficient (Wildman–Crippen LogP) is 4.21. The molecule has 2 nitrogen and oxygen atoms in total. The van der Waals surface area contributed by atoms with Crippen LogP contribution in [-0.2, 0) is 0 Å². The van der Waals surface area contributed by atoms with Gasteiger partial charge >= 0.3 is 0 Å². The molecule has 0 fully saturated rings. The largest absolute Gasteiger partial charge is 0.495 e. The van der Waals surface area contributed by atoms with E-state index in [0.29, 0.717) is 16.7 Å². The lowest BCUT2D eigenvalue weighted by Gasteiger charge is -2.27. The lowest BCUT2D eigenvalue weighted by Crippen LogP contribution is -2.30. The van der Waals surface area contributed by atoms with Crippen LogP contribution in [-0.4, -0.2) is 12.0 Å². The van der Waals surface area contributed by atoms with Crippen molar-refractivity contribution in [3.63, 3.8) is 0 Å². The molecule has 1 aliphatic heterocycles. The Kier molecular flexibility index (Phi) is 3.01. The van der Waals surface area contributed by atoms with Gasteiger partial charge in [-0.25, -0.2) is 0 Å². The van der Waals surface area contributed by atoms with E-state index in [1.165, 1.54) is 0 Å². The third-order valence-corrected chi connectivity index (χ3v) is 4.77. The van der Waals surface area contributed by atoms with Gasteiger partial charge in [0.15, 0.2) is 10.7 Å². The standard InChI is InChI=1S/C12H15ClO2S/c1-7(2)12(3)15-11-9(16-12)6-5-8(14-4)10(11)13/h5-7H,1-4H3. The first-order valence-corrected chi connectivity index (χ1v) is 6.42. The van der Waals surface area contributed by atoms with Crippen molar-refractivity contribution in [3.05, 3.63) is 17.2 Å². The van der Waals surface area contributed by atoms with Gasteiger partial charge in [-0.3, -0.25) is 0 Å². The van der Waals surface area contributed by atoms with Crippen LogP contribution in [0.15, 0.2) is 17.0 Å². The van der Waals surface area contributed by atoms with Gasteiger partial charge in [0, 0.05) is 5.92 Å². The number of fused-ring (bicyclic) bond motifs is 1. The van der Waals surface area contributed by atoms with E-state index in [2.05, 4.69) is 20.8 Å². The maximum absolute atomic E-state index is 6.22. The molecule has 1 aromatic rings. The molecule has 88 valence electrons. The molecule has 0 aliphatic carbocycles. The minimum absolute atomic E-state index is 0.238. The van der Waals surface area contributed by atoms with Gasteiger partial charge in [-0.2, -0.15) is 0 Å². The Morgan fingerprint density at radius 3 is 2.69 bits per heavy atom. The number of hydrogen-bond donors (Lipinski definition) is 0. The van der Waals surface area contributed by atoms with Crippen molar-refractivity contribution >= 4 is 23.4 Å². The van der Waals surface area contributed by atoms with Crippen molar-refractivity contribution in [2.45, 2.75) is 30.6 Å². The summed E-state index contributed by atoms with van der Waals surface area (Å²) >= 11 is 7.94. The molecule has 0 saturated heterocycles. The number of hydrogen-bond acceptors (Lipinski definition) is 3. The zero-order valence-electron chi connectivity index (χ0n) is 9.83. The van der Waals surface area contributed by atoms with Crippen LogP contribution in [0.25, 0.3) is 0 Å². The van der Waals surface area contributed by atoms with Crippen LogP contribution in [0.3, 0.4) is 0 Å². The maximum Gasteiger partial charge on any atom is 0.158 e. The smallest absolute Gasteiger partial charge is 0.158 e. The van der Waals surface area contributed by atoms with E-state index >= 15 is 0 Å². The second-order valence-electron chi connectivity index (χ2n) is 4.28. The first-order chi connectivity index (χ1) is 7.48. The van der Waals surface area contributed by atoms with Crippen molar-refractivity contribution in [2.24, 2.45) is 5.92 Å². The van der Waals surface area contributed by atoms with E-state index in [1.54, 1.807) is 18.9 Å². The summed E-state index contributed by atoms with van der Waals surface area (Å²) in [7, 11) is 1.61. The van der Waals surface area contributed by atoms with Crippen LogP contribution < -0.4 is 9.47 Å². The maximum atomic E-state index is 6.22. The minimum atomic E-state index is -0.238. The Morgan fingerprint density at radius 2 is 2.12 bits per heavy atom. The van der Waals surface area contributed by atoms with Crippen molar-refractivity contribution in [1.29, 1.82) is 0 Å². The molecule has 0 saturated carbocycles. The molecule has 0 spiro atoms. The zero-order chi connectivity index (χ0) is 11.9. The lowest BCUT2D eigenvalue weighted by molar-refractivity contribution is 0.141. The molecular weight excluding hydrogens is 244 g/mol. The average Bonchev–Trinajstić information content (AvgIpc) is 2.58. The number of rotatable bonds is 2. The topological polar surface area (TPSA) is 18.5 Å². The monoisotopic (exact) mass is 258 g/mol. The van der Waals surface area contributed by atoms with Crippen molar-refractivity contribution in [3.8, 4) is 11.5 Å². The molecule has 2 rings (SSSR count). The molecule has 1 aliphatic rings. The summed E-state index contributed by atoms with van der Waals surface area (Å²) in [6.07, 6.45) is 0. The average molecular weight is 259 g/mol. The first-order valence-electron chi connectivity index (χ1n) is 5.22. The van der Waals surface area contributed by atoms with Crippen molar-refractivity contribution in [1.82, 2.24) is 0 Å². The first kappa shape index (κ1) is 11.9. The summed E-state index contributed by atoms with van der Waals surface area (Å²) in [6, 6.07) is 3.88. The fourth-order valence-electron chi connectivity index (χ4n) is 1.53. The molecule has 1 heterocycles. The van der Waals surface area contributed by atoms with E-state index in [-0.39, 0.29) is 4.93 Å². The highest BCUT2D eigenvalue weighted by Crippen LogP contribution is 2.55. The summed E-state index contributed by atoms with van der Waals surface area (Å²) in [5.74, 6) is 1.82. The van der Waals surface area contributed by atoms with E-state index in [9.17, 15) is 0 Å². The number of ether oxygens (including phenoxy) is 2. The van der Waals surface area contributed by atoms with Gasteiger partial charge < -0.3 is 9.47 Å². The lowest BCUT2D eigenvalue weighted by atomic mass is 10.1. The number of methoxy groups -OCH3 is 1. The molecule has 0 radical (unpaired) electrons. The quantitative estimate of drug-likeness (QED) is 0.792. The van der Waals surface area contributed by atoms with Gasteiger partial charge in [-0.15, -0.1) is 0 Å². The Labute approximate surface area is 105 Å². The summed E-state index contributed by atoms with van der Waals surface area (Å²) in [5.41, 5.74) is 0. The van der Waals surface area contributed by atoms with Gasteiger partial charge in [-0.05, 0) is 19.1 Å². The molecule has 16 heavy (non-hydrogen) atoms. The van der Waals surface area contributed by atoms with Gasteiger partial charge in [0.2, 0.25) is 0 Å². The van der Waals surface area contributed by atoms with Crippen LogP contribution in [0.5, 0.6) is 11.5 Å². The van der Waals surface area contributed by atoms with Gasteiger partial charge in [0.25, 0.3) is 0 Å². The predicted molar refractivity (Wildman–Crippen MR) is 67.7 cm³/mol. The molecule has 4 heteroatoms. The molecule has 1 aromatic carbocycles. The highest BCUT2D eigenvalue weighted by molar-refractivity contribution is 8.00. The number of thioether (sulfide) groups is 1. The number of halogens is 1. The van der Waals surface area contributed by atoms with Gasteiger partial charge in [-0.1, -0.05) is 37.2 Å². The summed E-state index contributed by atoms with van der Waals surface area (Å²) in [4.78, 5) is 0.847. The van der Waals surface area contributed by atoms with Crippen LogP contribution in [0.1, 0.15) is 20.8 Å². The van der Waals surface area contributed by atoms with Crippen LogP contribution in [0.4, 0.5) is 0 Å². The van der Waals surface area contributed by atoms with E-state index in [1.807, 2.05) is 12.1 Å². The Morgan fingerprint density at radius 1 is 1.44 bits per heavy atom. The van der Waals surface area contributed by atoms with Gasteiger partial charge in [0.05, 0.1) is 12.0 Å². The SMILES string of the molecule is COc1ccc2c(c1Cl)OC(C)(C(C)C)S2. The van der Waals surface area contributed by atoms with Crippen molar-refractivity contribution < 1.29 is 9.47 Å². The molecule has 0 N–H and O–H groups in total. The molecule has 0 aromatic heterocycles. The summed E-state index contributed by atoms with van der Waals surface area (Å²) in [5, 5.41) is 0.567. The fourth-order valence-corrected chi connectivity index (χ4v) is 3.04. The summed E-state index contributed by atoms with van der Waals surface area (Å²) in [6.45, 7) is 6.37. The second kappa shape index (κ2) is 4.04.